The molecular weight excluding hydrogens is 552 g/mol. The van der Waals surface area contributed by atoms with Crippen LogP contribution in [-0.2, 0) is 18.9 Å². The van der Waals surface area contributed by atoms with Crippen LogP contribution < -0.4 is 0 Å². The van der Waals surface area contributed by atoms with E-state index in [9.17, 15) is 9.59 Å². The molecule has 0 radical (unpaired) electrons. The molecular formula is C38H54O6. The van der Waals surface area contributed by atoms with E-state index < -0.39 is 12.3 Å². The molecule has 5 aliphatic carbocycles. The maximum atomic E-state index is 12.4. The summed E-state index contributed by atoms with van der Waals surface area (Å²) in [6.45, 7) is 19.3. The summed E-state index contributed by atoms with van der Waals surface area (Å²) >= 11 is 0. The lowest BCUT2D eigenvalue weighted by molar-refractivity contribution is -0.250. The van der Waals surface area contributed by atoms with Crippen molar-refractivity contribution in [1.29, 1.82) is 0 Å². The average Bonchev–Trinajstić information content (AvgIpc) is 3.36. The molecule has 6 heteroatoms. The number of allylic oxidation sites excluding steroid dienone is 1. The first-order valence-electron chi connectivity index (χ1n) is 16.9. The lowest BCUT2D eigenvalue weighted by Crippen LogP contribution is -2.67. The van der Waals surface area contributed by atoms with Crippen molar-refractivity contribution in [2.75, 3.05) is 19.8 Å². The lowest BCUT2D eigenvalue weighted by Gasteiger charge is -2.73. The van der Waals surface area contributed by atoms with Gasteiger partial charge >= 0.3 is 12.3 Å². The lowest BCUT2D eigenvalue weighted by atomic mass is 9.32. The van der Waals surface area contributed by atoms with Gasteiger partial charge in [0.2, 0.25) is 0 Å². The summed E-state index contributed by atoms with van der Waals surface area (Å²) in [6, 6.07) is 0. The molecule has 10 atom stereocenters. The van der Waals surface area contributed by atoms with Crippen molar-refractivity contribution in [3.05, 3.63) is 12.2 Å². The van der Waals surface area contributed by atoms with Gasteiger partial charge in [0.1, 0.15) is 12.7 Å². The van der Waals surface area contributed by atoms with Gasteiger partial charge in [-0.25, -0.2) is 9.59 Å². The molecule has 0 aromatic carbocycles. The van der Waals surface area contributed by atoms with Gasteiger partial charge in [0.05, 0.1) is 0 Å². The van der Waals surface area contributed by atoms with E-state index in [2.05, 4.69) is 60.0 Å². The van der Waals surface area contributed by atoms with Crippen LogP contribution in [0.2, 0.25) is 0 Å². The molecule has 0 bridgehead atoms. The Balaban J connectivity index is 1.41. The Morgan fingerprint density at radius 3 is 2.11 bits per heavy atom. The summed E-state index contributed by atoms with van der Waals surface area (Å²) < 4.78 is 21.9. The van der Waals surface area contributed by atoms with Gasteiger partial charge < -0.3 is 18.9 Å². The van der Waals surface area contributed by atoms with Crippen molar-refractivity contribution in [2.45, 2.75) is 112 Å². The predicted molar refractivity (Wildman–Crippen MR) is 170 cm³/mol. The molecule has 0 aliphatic heterocycles. The SMILES string of the molecule is C#CCOC(=O)OC[C@]12CC[C@@H](C(=C)C)[C@@H]1[C@H]1CC[C@@H]3[C@@]4(C)CC[C@H](OC(=O)OCC#C)C(C)(C)[C@@H]4CC[C@@]3(C)[C@]1(C)CC2. The summed E-state index contributed by atoms with van der Waals surface area (Å²) in [5.41, 5.74) is 1.59. The Kier molecular flexibility index (Phi) is 8.67. The Morgan fingerprint density at radius 1 is 0.773 bits per heavy atom. The molecule has 0 spiro atoms. The van der Waals surface area contributed by atoms with Crippen LogP contribution in [0.25, 0.3) is 0 Å². The van der Waals surface area contributed by atoms with Crippen LogP contribution in [0.1, 0.15) is 106 Å². The number of rotatable bonds is 6. The van der Waals surface area contributed by atoms with Gasteiger partial charge in [0.15, 0.2) is 13.2 Å². The van der Waals surface area contributed by atoms with Gasteiger partial charge in [-0.3, -0.25) is 0 Å². The number of terminal acetylenes is 2. The minimum Gasteiger partial charge on any atom is -0.434 e. The molecule has 5 aliphatic rings. The zero-order chi connectivity index (χ0) is 32.1. The van der Waals surface area contributed by atoms with Gasteiger partial charge in [-0.2, -0.15) is 0 Å². The number of ether oxygens (including phenoxy) is 4. The molecule has 0 amide bonds. The number of carbonyl (C=O) groups is 2. The molecule has 242 valence electrons. The second-order valence-electron chi connectivity index (χ2n) is 16.3. The van der Waals surface area contributed by atoms with Crippen LogP contribution in [0.5, 0.6) is 0 Å². The van der Waals surface area contributed by atoms with Crippen LogP contribution in [0.4, 0.5) is 9.59 Å². The van der Waals surface area contributed by atoms with Gasteiger partial charge in [0.25, 0.3) is 0 Å². The van der Waals surface area contributed by atoms with Crippen molar-refractivity contribution in [3.8, 4) is 24.7 Å². The first-order chi connectivity index (χ1) is 20.7. The number of hydrogen-bond donors (Lipinski definition) is 0. The zero-order valence-corrected chi connectivity index (χ0v) is 28.0. The summed E-state index contributed by atoms with van der Waals surface area (Å²) in [6.07, 6.45) is 20.0. The third kappa shape index (κ3) is 4.94. The quantitative estimate of drug-likeness (QED) is 0.171. The standard InChI is InChI=1S/C38H54O6/c1-10-22-41-32(39)43-24-38-19-14-26(25(3)4)31(38)27-12-13-29-35(7)17-16-30(44-33(40)42-23-11-2)34(5,6)28(35)15-18-37(29,9)36(27,8)20-21-38/h1-2,26-31H,3,12-24H2,4-9H3/t26-,27+,28-,29+,30-,31+,35-,36+,37+,38+/m0/s1. The summed E-state index contributed by atoms with van der Waals surface area (Å²) in [5.74, 6) is 7.18. The van der Waals surface area contributed by atoms with Gasteiger partial charge in [0, 0.05) is 10.8 Å². The van der Waals surface area contributed by atoms with E-state index in [1.165, 1.54) is 24.8 Å². The van der Waals surface area contributed by atoms with Crippen LogP contribution in [0, 0.1) is 81.4 Å². The first kappa shape index (κ1) is 32.8. The predicted octanol–water partition coefficient (Wildman–Crippen LogP) is 8.59. The topological polar surface area (TPSA) is 71.1 Å². The highest BCUT2D eigenvalue weighted by molar-refractivity contribution is 5.60. The zero-order valence-electron chi connectivity index (χ0n) is 28.0. The smallest absolute Gasteiger partial charge is 0.434 e. The van der Waals surface area contributed by atoms with E-state index in [0.29, 0.717) is 36.2 Å². The van der Waals surface area contributed by atoms with Crippen molar-refractivity contribution in [2.24, 2.45) is 56.7 Å². The molecule has 0 aromatic rings. The average molecular weight is 607 g/mol. The Labute approximate surface area is 265 Å². The fourth-order valence-electron chi connectivity index (χ4n) is 12.3. The van der Waals surface area contributed by atoms with E-state index in [1.807, 2.05) is 0 Å². The fourth-order valence-corrected chi connectivity index (χ4v) is 12.3. The van der Waals surface area contributed by atoms with Gasteiger partial charge in [-0.1, -0.05) is 58.6 Å². The van der Waals surface area contributed by atoms with Gasteiger partial charge in [-0.15, -0.1) is 12.8 Å². The van der Waals surface area contributed by atoms with Crippen molar-refractivity contribution in [3.63, 3.8) is 0 Å². The van der Waals surface area contributed by atoms with Crippen molar-refractivity contribution >= 4 is 12.3 Å². The monoisotopic (exact) mass is 606 g/mol. The molecule has 44 heavy (non-hydrogen) atoms. The maximum Gasteiger partial charge on any atom is 0.509 e. The molecule has 5 fully saturated rings. The Morgan fingerprint density at radius 2 is 1.45 bits per heavy atom. The second-order valence-corrected chi connectivity index (χ2v) is 16.3. The van der Waals surface area contributed by atoms with Crippen LogP contribution in [-0.4, -0.2) is 38.2 Å². The van der Waals surface area contributed by atoms with E-state index in [4.69, 9.17) is 31.8 Å². The minimum absolute atomic E-state index is 0.0430. The van der Waals surface area contributed by atoms with Crippen molar-refractivity contribution in [1.82, 2.24) is 0 Å². The largest absolute Gasteiger partial charge is 0.509 e. The number of hydrogen-bond acceptors (Lipinski definition) is 6. The fraction of sp³-hybridized carbons (Fsp3) is 0.789. The van der Waals surface area contributed by atoms with Crippen LogP contribution in [0.3, 0.4) is 0 Å². The highest BCUT2D eigenvalue weighted by Crippen LogP contribution is 2.77. The van der Waals surface area contributed by atoms with Gasteiger partial charge in [-0.05, 0) is 117 Å². The van der Waals surface area contributed by atoms with Crippen LogP contribution >= 0.6 is 0 Å². The molecule has 6 nitrogen and oxygen atoms in total. The first-order valence-corrected chi connectivity index (χ1v) is 16.9. The number of fused-ring (bicyclic) bond motifs is 7. The molecule has 0 saturated heterocycles. The molecule has 5 saturated carbocycles. The molecule has 5 rings (SSSR count). The third-order valence-corrected chi connectivity index (χ3v) is 14.4. The second kappa shape index (κ2) is 11.6. The third-order valence-electron chi connectivity index (χ3n) is 14.4. The maximum absolute atomic E-state index is 12.4. The van der Waals surface area contributed by atoms with E-state index in [0.717, 1.165) is 44.9 Å². The summed E-state index contributed by atoms with van der Waals surface area (Å²) in [4.78, 5) is 24.8. The van der Waals surface area contributed by atoms with E-state index >= 15 is 0 Å². The number of carbonyl (C=O) groups excluding carboxylic acids is 2. The van der Waals surface area contributed by atoms with E-state index in [1.54, 1.807) is 0 Å². The highest BCUT2D eigenvalue weighted by atomic mass is 16.7. The molecule has 0 heterocycles. The van der Waals surface area contributed by atoms with Crippen LogP contribution in [0.15, 0.2) is 12.2 Å². The highest BCUT2D eigenvalue weighted by Gasteiger charge is 2.71. The van der Waals surface area contributed by atoms with E-state index in [-0.39, 0.29) is 46.4 Å². The minimum atomic E-state index is -0.656. The normalized spacial score (nSPS) is 43.4. The summed E-state index contributed by atoms with van der Waals surface area (Å²) in [7, 11) is 0. The molecule has 0 aromatic heterocycles. The van der Waals surface area contributed by atoms with Crippen molar-refractivity contribution < 1.29 is 28.5 Å². The summed E-state index contributed by atoms with van der Waals surface area (Å²) in [5, 5.41) is 0. The molecule has 0 unspecified atom stereocenters. The Bertz CT molecular complexity index is 1240. The molecule has 0 N–H and O–H groups in total. The Hall–Kier alpha value is -2.60.